The van der Waals surface area contributed by atoms with Crippen molar-refractivity contribution in [3.05, 3.63) is 105 Å². The number of halogens is 6. The van der Waals surface area contributed by atoms with Crippen LogP contribution in [0.5, 0.6) is 11.5 Å². The molecule has 3 aromatic carbocycles. The van der Waals surface area contributed by atoms with Crippen LogP contribution < -0.4 is 9.64 Å². The van der Waals surface area contributed by atoms with E-state index in [9.17, 15) is 41.0 Å². The first-order chi connectivity index (χ1) is 23.5. The van der Waals surface area contributed by atoms with Gasteiger partial charge in [0.1, 0.15) is 18.1 Å². The van der Waals surface area contributed by atoms with E-state index < -0.39 is 64.8 Å². The fourth-order valence-corrected chi connectivity index (χ4v) is 7.40. The van der Waals surface area contributed by atoms with Gasteiger partial charge in [-0.25, -0.2) is 4.90 Å². The second-order valence-electron chi connectivity index (χ2n) is 13.2. The molecule has 50 heavy (non-hydrogen) atoms. The first kappa shape index (κ1) is 35.3. The fraction of sp³-hybridized carbons (Fsp3) is 0.368. The SMILES string of the molecule is C/C(=C\c1cc(C)c(O)c(C)c1)CC[C@H]1OC[C@H]2C1=C(COc1ccccc1)C[C@H]1C(=O)N(c3cc(C(F)(F)F)cc(C(F)(F)F)c3)C(=O)[C@H]12. The topological polar surface area (TPSA) is 76.1 Å². The third-order valence-corrected chi connectivity index (χ3v) is 9.72. The predicted molar refractivity (Wildman–Crippen MR) is 173 cm³/mol. The van der Waals surface area contributed by atoms with Gasteiger partial charge in [-0.3, -0.25) is 9.59 Å². The molecule has 2 fully saturated rings. The number of carbonyl (C=O) groups excluding carboxylic acids is 2. The molecule has 0 bridgehead atoms. The highest BCUT2D eigenvalue weighted by Crippen LogP contribution is 2.51. The normalized spacial score (nSPS) is 22.7. The highest BCUT2D eigenvalue weighted by Gasteiger charge is 2.57. The average molecular weight is 700 g/mol. The molecule has 1 aliphatic carbocycles. The summed E-state index contributed by atoms with van der Waals surface area (Å²) in [7, 11) is 0. The summed E-state index contributed by atoms with van der Waals surface area (Å²) < 4.78 is 94.5. The molecule has 0 saturated carbocycles. The standard InChI is InChI=1S/C38H35F6NO5/c1-20(11-23-12-21(2)34(46)22(3)13-23)9-10-31-32-24(18-49-28-7-5-4-6-8-28)14-29-33(30(32)19-50-31)36(48)45(35(29)47)27-16-25(37(39,40)41)15-26(17-27)38(42,43)44/h4-8,11-13,15-17,29-31,33,46H,9-10,14,18-19H2,1-3H3/b20-11+/t29-,30+,31-,33-/m1/s1. The van der Waals surface area contributed by atoms with Crippen molar-refractivity contribution in [2.75, 3.05) is 18.1 Å². The number of para-hydroxylation sites is 1. The van der Waals surface area contributed by atoms with E-state index in [-0.39, 0.29) is 31.5 Å². The minimum Gasteiger partial charge on any atom is -0.507 e. The van der Waals surface area contributed by atoms with E-state index in [4.69, 9.17) is 9.47 Å². The maximum Gasteiger partial charge on any atom is 0.416 e. The van der Waals surface area contributed by atoms with Gasteiger partial charge < -0.3 is 14.6 Å². The molecule has 3 aromatic rings. The first-order valence-electron chi connectivity index (χ1n) is 16.2. The van der Waals surface area contributed by atoms with E-state index in [0.29, 0.717) is 35.6 Å². The number of nitrogens with zero attached hydrogens (tertiary/aromatic N) is 1. The Balaban J connectivity index is 1.31. The quantitative estimate of drug-likeness (QED) is 0.145. The number of amides is 2. The lowest BCUT2D eigenvalue weighted by atomic mass is 9.69. The number of phenols is 1. The summed E-state index contributed by atoms with van der Waals surface area (Å²) in [4.78, 5) is 28.3. The Labute approximate surface area is 285 Å². The molecule has 6 nitrogen and oxygen atoms in total. The van der Waals surface area contributed by atoms with Crippen LogP contribution in [0.25, 0.3) is 6.08 Å². The number of benzene rings is 3. The first-order valence-corrected chi connectivity index (χ1v) is 16.2. The van der Waals surface area contributed by atoms with E-state index in [0.717, 1.165) is 33.4 Å². The molecule has 3 aliphatic rings. The smallest absolute Gasteiger partial charge is 0.416 e. The molecule has 0 aromatic heterocycles. The number of hydrogen-bond donors (Lipinski definition) is 1. The van der Waals surface area contributed by atoms with Crippen LogP contribution in [0.1, 0.15) is 54.0 Å². The second kappa shape index (κ2) is 13.3. The Kier molecular flexibility index (Phi) is 9.36. The van der Waals surface area contributed by atoms with Crippen LogP contribution in [-0.4, -0.2) is 36.2 Å². The van der Waals surface area contributed by atoms with E-state index in [1.807, 2.05) is 45.0 Å². The second-order valence-corrected chi connectivity index (χ2v) is 13.2. The van der Waals surface area contributed by atoms with Crippen molar-refractivity contribution < 1.29 is 50.5 Å². The summed E-state index contributed by atoms with van der Waals surface area (Å²) in [6.07, 6.45) is -7.58. The lowest BCUT2D eigenvalue weighted by Crippen LogP contribution is -2.35. The number of aromatic hydroxyl groups is 1. The van der Waals surface area contributed by atoms with Crippen molar-refractivity contribution in [1.82, 2.24) is 0 Å². The van der Waals surface area contributed by atoms with Crippen LogP contribution in [0.3, 0.4) is 0 Å². The summed E-state index contributed by atoms with van der Waals surface area (Å²) in [5.74, 6) is -3.56. The predicted octanol–water partition coefficient (Wildman–Crippen LogP) is 8.83. The molecule has 0 radical (unpaired) electrons. The van der Waals surface area contributed by atoms with Crippen molar-refractivity contribution in [2.24, 2.45) is 17.8 Å². The Morgan fingerprint density at radius 3 is 2.14 bits per heavy atom. The monoisotopic (exact) mass is 699 g/mol. The third-order valence-electron chi connectivity index (χ3n) is 9.72. The minimum atomic E-state index is -5.15. The van der Waals surface area contributed by atoms with Gasteiger partial charge in [0.2, 0.25) is 11.8 Å². The molecule has 0 unspecified atom stereocenters. The van der Waals surface area contributed by atoms with Gasteiger partial charge in [-0.1, -0.05) is 29.8 Å². The zero-order chi connectivity index (χ0) is 36.1. The Bertz CT molecular complexity index is 1830. The van der Waals surface area contributed by atoms with Crippen molar-refractivity contribution >= 4 is 23.6 Å². The number of anilines is 1. The molecular weight excluding hydrogens is 664 g/mol. The van der Waals surface area contributed by atoms with E-state index in [2.05, 4.69) is 0 Å². The molecule has 2 amide bonds. The van der Waals surface area contributed by atoms with Crippen molar-refractivity contribution in [1.29, 1.82) is 0 Å². The largest absolute Gasteiger partial charge is 0.507 e. The van der Waals surface area contributed by atoms with Gasteiger partial charge in [0.15, 0.2) is 0 Å². The lowest BCUT2D eigenvalue weighted by molar-refractivity contribution is -0.143. The van der Waals surface area contributed by atoms with Crippen molar-refractivity contribution in [3.8, 4) is 11.5 Å². The van der Waals surface area contributed by atoms with E-state index >= 15 is 0 Å². The molecule has 2 aliphatic heterocycles. The number of imide groups is 1. The summed E-state index contributed by atoms with van der Waals surface area (Å²) in [5.41, 5.74) is 0.971. The van der Waals surface area contributed by atoms with Gasteiger partial charge in [0.05, 0.1) is 41.4 Å². The van der Waals surface area contributed by atoms with E-state index in [1.165, 1.54) is 0 Å². The number of hydrogen-bond acceptors (Lipinski definition) is 5. The van der Waals surface area contributed by atoms with Crippen LogP contribution in [0.4, 0.5) is 32.0 Å². The van der Waals surface area contributed by atoms with Gasteiger partial charge in [-0.15, -0.1) is 0 Å². The van der Waals surface area contributed by atoms with Gasteiger partial charge in [-0.05, 0) is 110 Å². The molecule has 0 spiro atoms. The Hall–Kier alpha value is -4.58. The summed E-state index contributed by atoms with van der Waals surface area (Å²) in [5, 5.41) is 10.1. The third kappa shape index (κ3) is 6.90. The Morgan fingerprint density at radius 1 is 0.920 bits per heavy atom. The summed E-state index contributed by atoms with van der Waals surface area (Å²) >= 11 is 0. The fourth-order valence-electron chi connectivity index (χ4n) is 7.40. The van der Waals surface area contributed by atoms with Gasteiger partial charge in [0.25, 0.3) is 0 Å². The zero-order valence-corrected chi connectivity index (χ0v) is 27.5. The highest BCUT2D eigenvalue weighted by molar-refractivity contribution is 6.22. The summed E-state index contributed by atoms with van der Waals surface area (Å²) in [6.45, 7) is 5.72. The van der Waals surface area contributed by atoms with Gasteiger partial charge in [-0.2, -0.15) is 26.3 Å². The maximum absolute atomic E-state index is 14.0. The number of carbonyl (C=O) groups is 2. The number of ether oxygens (including phenoxy) is 2. The van der Waals surface area contributed by atoms with Crippen LogP contribution in [-0.2, 0) is 26.7 Å². The number of rotatable bonds is 8. The van der Waals surface area contributed by atoms with Crippen LogP contribution in [0.2, 0.25) is 0 Å². The zero-order valence-electron chi connectivity index (χ0n) is 27.5. The number of phenolic OH excluding ortho intramolecular Hbond substituents is 1. The molecule has 2 heterocycles. The summed E-state index contributed by atoms with van der Waals surface area (Å²) in [6, 6.07) is 13.5. The van der Waals surface area contributed by atoms with Gasteiger partial charge in [0, 0.05) is 5.92 Å². The van der Waals surface area contributed by atoms with Gasteiger partial charge >= 0.3 is 12.4 Å². The molecule has 1 N–H and O–H groups in total. The number of allylic oxidation sites excluding steroid dienone is 1. The number of alkyl halides is 6. The molecular formula is C38H35F6NO5. The van der Waals surface area contributed by atoms with Crippen molar-refractivity contribution in [3.63, 3.8) is 0 Å². The molecule has 12 heteroatoms. The molecule has 4 atom stereocenters. The molecule has 2 saturated heterocycles. The molecule has 6 rings (SSSR count). The Morgan fingerprint density at radius 2 is 1.54 bits per heavy atom. The number of aryl methyl sites for hydroxylation is 2. The number of fused-ring (bicyclic) bond motifs is 3. The van der Waals surface area contributed by atoms with Crippen LogP contribution >= 0.6 is 0 Å². The van der Waals surface area contributed by atoms with Crippen LogP contribution in [0.15, 0.2) is 77.4 Å². The van der Waals surface area contributed by atoms with E-state index in [1.54, 1.807) is 24.3 Å². The van der Waals surface area contributed by atoms with Crippen molar-refractivity contribution in [2.45, 2.75) is 58.5 Å². The average Bonchev–Trinajstić information content (AvgIpc) is 3.58. The maximum atomic E-state index is 14.0. The highest BCUT2D eigenvalue weighted by atomic mass is 19.4. The van der Waals surface area contributed by atoms with Crippen LogP contribution in [0, 0.1) is 31.6 Å². The lowest BCUT2D eigenvalue weighted by Gasteiger charge is -2.31. The molecule has 264 valence electrons. The minimum absolute atomic E-state index is 0.0317.